The second kappa shape index (κ2) is 5.93. The Balaban J connectivity index is 2.70. The van der Waals surface area contributed by atoms with Gasteiger partial charge in [0.05, 0.1) is 12.4 Å². The van der Waals surface area contributed by atoms with Crippen LogP contribution >= 0.6 is 0 Å². The third-order valence-electron chi connectivity index (χ3n) is 2.64. The summed E-state index contributed by atoms with van der Waals surface area (Å²) in [7, 11) is 0. The van der Waals surface area contributed by atoms with Crippen LogP contribution in [0.15, 0.2) is 22.8 Å². The van der Waals surface area contributed by atoms with Crippen LogP contribution in [0.1, 0.15) is 45.5 Å². The van der Waals surface area contributed by atoms with Gasteiger partial charge in [-0.25, -0.2) is 0 Å². The number of hydrogen-bond acceptors (Lipinski definition) is 3. The van der Waals surface area contributed by atoms with E-state index in [1.165, 1.54) is 0 Å². The normalized spacial score (nSPS) is 17.3. The molecule has 2 N–H and O–H groups in total. The minimum atomic E-state index is -0.125. The summed E-state index contributed by atoms with van der Waals surface area (Å²) in [6, 6.07) is 3.78. The first kappa shape index (κ1) is 12.3. The molecule has 1 aromatic heterocycles. The summed E-state index contributed by atoms with van der Waals surface area (Å²) in [5, 5.41) is 0. The average molecular weight is 211 g/mol. The molecule has 1 rings (SSSR count). The standard InChI is InChI=1S/C12H21NO2/c1-4-9(3)15-12(10(13)5-2)11-7-6-8-14-11/h6-10,12H,4-5,13H2,1-3H3. The molecule has 0 aliphatic heterocycles. The Hall–Kier alpha value is -0.800. The third-order valence-corrected chi connectivity index (χ3v) is 2.64. The van der Waals surface area contributed by atoms with Gasteiger partial charge in [0.1, 0.15) is 11.9 Å². The van der Waals surface area contributed by atoms with Crippen LogP contribution in [0.25, 0.3) is 0 Å². The molecule has 0 radical (unpaired) electrons. The highest BCUT2D eigenvalue weighted by Crippen LogP contribution is 2.24. The average Bonchev–Trinajstić information content (AvgIpc) is 2.77. The largest absolute Gasteiger partial charge is 0.467 e. The van der Waals surface area contributed by atoms with Gasteiger partial charge in [0.25, 0.3) is 0 Å². The van der Waals surface area contributed by atoms with Gasteiger partial charge in [0.15, 0.2) is 0 Å². The zero-order valence-electron chi connectivity index (χ0n) is 9.77. The van der Waals surface area contributed by atoms with Gasteiger partial charge >= 0.3 is 0 Å². The Bertz CT molecular complexity index is 259. The molecule has 0 bridgehead atoms. The van der Waals surface area contributed by atoms with Gasteiger partial charge in [-0.15, -0.1) is 0 Å². The zero-order chi connectivity index (χ0) is 11.3. The maximum atomic E-state index is 6.03. The minimum Gasteiger partial charge on any atom is -0.467 e. The van der Waals surface area contributed by atoms with Crippen LogP contribution in [0.5, 0.6) is 0 Å². The number of furan rings is 1. The Morgan fingerprint density at radius 1 is 1.40 bits per heavy atom. The van der Waals surface area contributed by atoms with Crippen LogP contribution in [0.4, 0.5) is 0 Å². The molecule has 0 saturated heterocycles. The van der Waals surface area contributed by atoms with Crippen LogP contribution in [0.2, 0.25) is 0 Å². The zero-order valence-corrected chi connectivity index (χ0v) is 9.77. The van der Waals surface area contributed by atoms with E-state index in [4.69, 9.17) is 14.9 Å². The molecule has 3 heteroatoms. The van der Waals surface area contributed by atoms with E-state index in [1.54, 1.807) is 6.26 Å². The molecule has 3 unspecified atom stereocenters. The number of nitrogens with two attached hydrogens (primary N) is 1. The first-order chi connectivity index (χ1) is 7.19. The molecule has 0 spiro atoms. The Kier molecular flexibility index (Phi) is 4.85. The molecule has 1 heterocycles. The van der Waals surface area contributed by atoms with E-state index in [9.17, 15) is 0 Å². The lowest BCUT2D eigenvalue weighted by molar-refractivity contribution is -0.0307. The topological polar surface area (TPSA) is 48.4 Å². The monoisotopic (exact) mass is 211 g/mol. The van der Waals surface area contributed by atoms with E-state index in [0.29, 0.717) is 0 Å². The summed E-state index contributed by atoms with van der Waals surface area (Å²) in [6.45, 7) is 6.21. The van der Waals surface area contributed by atoms with Gasteiger partial charge in [-0.05, 0) is 31.9 Å². The summed E-state index contributed by atoms with van der Waals surface area (Å²) in [5.41, 5.74) is 6.03. The molecule has 0 aliphatic carbocycles. The fourth-order valence-corrected chi connectivity index (χ4v) is 1.39. The molecule has 0 aromatic carbocycles. The maximum absolute atomic E-state index is 6.03. The van der Waals surface area contributed by atoms with Gasteiger partial charge in [-0.3, -0.25) is 0 Å². The number of rotatable bonds is 6. The van der Waals surface area contributed by atoms with Crippen molar-refractivity contribution in [2.45, 2.75) is 51.9 Å². The Labute approximate surface area is 91.6 Å². The van der Waals surface area contributed by atoms with Crippen molar-refractivity contribution < 1.29 is 9.15 Å². The fraction of sp³-hybridized carbons (Fsp3) is 0.667. The van der Waals surface area contributed by atoms with Gasteiger partial charge in [-0.2, -0.15) is 0 Å². The molecule has 3 nitrogen and oxygen atoms in total. The molecule has 1 aromatic rings. The van der Waals surface area contributed by atoms with Gasteiger partial charge in [0, 0.05) is 6.04 Å². The van der Waals surface area contributed by atoms with Gasteiger partial charge in [-0.1, -0.05) is 13.8 Å². The van der Waals surface area contributed by atoms with Crippen molar-refractivity contribution in [3.63, 3.8) is 0 Å². The van der Waals surface area contributed by atoms with E-state index in [-0.39, 0.29) is 18.2 Å². The quantitative estimate of drug-likeness (QED) is 0.787. The maximum Gasteiger partial charge on any atom is 0.134 e. The summed E-state index contributed by atoms with van der Waals surface area (Å²) in [4.78, 5) is 0. The van der Waals surface area contributed by atoms with Crippen LogP contribution in [-0.2, 0) is 4.74 Å². The van der Waals surface area contributed by atoms with Crippen molar-refractivity contribution in [2.24, 2.45) is 5.73 Å². The molecular formula is C12H21NO2. The van der Waals surface area contributed by atoms with Crippen molar-refractivity contribution >= 4 is 0 Å². The highest BCUT2D eigenvalue weighted by Gasteiger charge is 2.23. The van der Waals surface area contributed by atoms with E-state index < -0.39 is 0 Å². The van der Waals surface area contributed by atoms with Crippen molar-refractivity contribution in [1.29, 1.82) is 0 Å². The predicted octanol–water partition coefficient (Wildman–Crippen LogP) is 2.87. The second-order valence-electron chi connectivity index (χ2n) is 3.86. The molecule has 0 fully saturated rings. The lowest BCUT2D eigenvalue weighted by atomic mass is 10.1. The van der Waals surface area contributed by atoms with Crippen molar-refractivity contribution in [2.75, 3.05) is 0 Å². The van der Waals surface area contributed by atoms with Crippen molar-refractivity contribution in [3.8, 4) is 0 Å². The SMILES string of the molecule is CCC(C)OC(c1ccco1)C(N)CC. The van der Waals surface area contributed by atoms with Crippen molar-refractivity contribution in [3.05, 3.63) is 24.2 Å². The summed E-state index contributed by atoms with van der Waals surface area (Å²) >= 11 is 0. The van der Waals surface area contributed by atoms with Crippen LogP contribution in [0.3, 0.4) is 0 Å². The Morgan fingerprint density at radius 3 is 2.60 bits per heavy atom. The molecule has 0 amide bonds. The van der Waals surface area contributed by atoms with Crippen LogP contribution < -0.4 is 5.73 Å². The highest BCUT2D eigenvalue weighted by molar-refractivity contribution is 5.05. The second-order valence-corrected chi connectivity index (χ2v) is 3.86. The lowest BCUT2D eigenvalue weighted by Crippen LogP contribution is -2.31. The molecule has 0 saturated carbocycles. The van der Waals surface area contributed by atoms with E-state index in [2.05, 4.69) is 20.8 Å². The molecule has 0 aliphatic rings. The molecule has 3 atom stereocenters. The molecular weight excluding hydrogens is 190 g/mol. The van der Waals surface area contributed by atoms with E-state index in [0.717, 1.165) is 18.6 Å². The van der Waals surface area contributed by atoms with E-state index >= 15 is 0 Å². The number of ether oxygens (including phenoxy) is 1. The van der Waals surface area contributed by atoms with Crippen molar-refractivity contribution in [1.82, 2.24) is 0 Å². The summed E-state index contributed by atoms with van der Waals surface area (Å²) < 4.78 is 11.2. The lowest BCUT2D eigenvalue weighted by Gasteiger charge is -2.24. The van der Waals surface area contributed by atoms with Gasteiger partial charge < -0.3 is 14.9 Å². The first-order valence-corrected chi connectivity index (χ1v) is 5.63. The predicted molar refractivity (Wildman–Crippen MR) is 60.6 cm³/mol. The third kappa shape index (κ3) is 3.36. The van der Waals surface area contributed by atoms with Gasteiger partial charge in [0.2, 0.25) is 0 Å². The highest BCUT2D eigenvalue weighted by atomic mass is 16.5. The van der Waals surface area contributed by atoms with Crippen LogP contribution in [0, 0.1) is 0 Å². The minimum absolute atomic E-state index is 0.00912. The molecule has 86 valence electrons. The molecule has 15 heavy (non-hydrogen) atoms. The fourth-order valence-electron chi connectivity index (χ4n) is 1.39. The van der Waals surface area contributed by atoms with E-state index in [1.807, 2.05) is 12.1 Å². The van der Waals surface area contributed by atoms with Crippen LogP contribution in [-0.4, -0.2) is 12.1 Å². The Morgan fingerprint density at radius 2 is 2.13 bits per heavy atom. The smallest absolute Gasteiger partial charge is 0.134 e. The summed E-state index contributed by atoms with van der Waals surface area (Å²) in [5.74, 6) is 0.824. The summed E-state index contributed by atoms with van der Waals surface area (Å²) in [6.07, 6.45) is 3.60. The first-order valence-electron chi connectivity index (χ1n) is 5.63. The number of hydrogen-bond donors (Lipinski definition) is 1.